The van der Waals surface area contributed by atoms with Gasteiger partial charge in [0.1, 0.15) is 29.3 Å². The van der Waals surface area contributed by atoms with Crippen molar-refractivity contribution in [1.29, 1.82) is 0 Å². The molecule has 0 spiro atoms. The first kappa shape index (κ1) is 38.0. The van der Waals surface area contributed by atoms with Crippen LogP contribution in [0.4, 0.5) is 4.79 Å². The summed E-state index contributed by atoms with van der Waals surface area (Å²) in [6.45, 7) is 4.98. The number of hydrogen-bond acceptors (Lipinski definition) is 9. The lowest BCUT2D eigenvalue weighted by molar-refractivity contribution is -0.141. The summed E-state index contributed by atoms with van der Waals surface area (Å²) >= 11 is 0. The third kappa shape index (κ3) is 9.27. The summed E-state index contributed by atoms with van der Waals surface area (Å²) < 4.78 is 39.1. The highest BCUT2D eigenvalue weighted by molar-refractivity contribution is 7.91. The number of sulfonamides is 1. The third-order valence-electron chi connectivity index (χ3n) is 10.0. The Morgan fingerprint density at radius 2 is 1.62 bits per heavy atom. The molecule has 1 saturated heterocycles. The first-order valence-electron chi connectivity index (χ1n) is 18.4. The van der Waals surface area contributed by atoms with Crippen LogP contribution >= 0.6 is 0 Å². The van der Waals surface area contributed by atoms with Crippen LogP contribution in [0.15, 0.2) is 66.7 Å². The number of rotatable bonds is 7. The summed E-state index contributed by atoms with van der Waals surface area (Å²) in [6, 6.07) is 14.4. The number of fused-ring (bicyclic) bond motifs is 2. The Morgan fingerprint density at radius 1 is 0.925 bits per heavy atom. The largest absolute Gasteiger partial charge is 0.457 e. The predicted octanol–water partition coefficient (Wildman–Crippen LogP) is 4.38. The second-order valence-electron chi connectivity index (χ2n) is 15.4. The standard InChI is InChI=1S/C39H48N4O9S/c1-38(2,3)52-37(48)40-31-15-11-6-4-5-10-14-28-23-39(28,36(47)42-53(49,50)30-20-21-30)41-33(44)32-22-29(24-43(32)34(31)45)51-35(46)27-18-16-26(17-19-27)25-12-8-7-9-13-25/h7-10,12-14,16-19,28-32H,4-6,11,15,20-24H2,1-3H3,(H,40,48)(H,41,44)(H,42,47)/b14-10-/t28-,29+,31-,32-,39+/m0/s1. The number of benzene rings is 2. The highest BCUT2D eigenvalue weighted by atomic mass is 32.2. The number of esters is 1. The molecule has 0 aromatic heterocycles. The lowest BCUT2D eigenvalue weighted by Gasteiger charge is -2.30. The molecule has 6 rings (SSSR count). The van der Waals surface area contributed by atoms with Gasteiger partial charge < -0.3 is 25.0 Å². The van der Waals surface area contributed by atoms with E-state index >= 15 is 0 Å². The Hall–Kier alpha value is -4.72. The minimum absolute atomic E-state index is 0.0802. The Bertz CT molecular complexity index is 1850. The number of nitrogens with zero attached hydrogens (tertiary/aromatic N) is 1. The van der Waals surface area contributed by atoms with Gasteiger partial charge in [-0.05, 0) is 82.6 Å². The first-order valence-corrected chi connectivity index (χ1v) is 19.9. The minimum atomic E-state index is -3.90. The molecule has 53 heavy (non-hydrogen) atoms. The summed E-state index contributed by atoms with van der Waals surface area (Å²) in [5, 5.41) is 4.86. The molecule has 14 heteroatoms. The molecule has 2 heterocycles. The molecule has 2 aliphatic carbocycles. The maximum atomic E-state index is 14.3. The van der Waals surface area contributed by atoms with Crippen LogP contribution in [-0.2, 0) is 33.9 Å². The average Bonchev–Trinajstić information content (AvgIpc) is 4.03. The van der Waals surface area contributed by atoms with E-state index in [1.807, 2.05) is 54.6 Å². The second-order valence-corrected chi connectivity index (χ2v) is 17.4. The number of amides is 4. The zero-order valence-electron chi connectivity index (χ0n) is 30.3. The quantitative estimate of drug-likeness (QED) is 0.274. The molecule has 2 aliphatic heterocycles. The molecule has 4 aliphatic rings. The zero-order valence-corrected chi connectivity index (χ0v) is 31.2. The van der Waals surface area contributed by atoms with E-state index in [1.165, 1.54) is 4.90 Å². The van der Waals surface area contributed by atoms with Gasteiger partial charge in [0, 0.05) is 12.3 Å². The number of allylic oxidation sites excluding steroid dienone is 1. The number of hydrogen-bond donors (Lipinski definition) is 3. The molecule has 2 aromatic rings. The van der Waals surface area contributed by atoms with E-state index in [9.17, 15) is 32.4 Å². The maximum absolute atomic E-state index is 14.3. The van der Waals surface area contributed by atoms with E-state index in [4.69, 9.17) is 9.47 Å². The topological polar surface area (TPSA) is 177 Å². The summed E-state index contributed by atoms with van der Waals surface area (Å²) in [5.41, 5.74) is -0.174. The molecular weight excluding hydrogens is 701 g/mol. The highest BCUT2D eigenvalue weighted by Crippen LogP contribution is 2.46. The number of ether oxygens (including phenoxy) is 2. The van der Waals surface area contributed by atoms with E-state index in [0.717, 1.165) is 24.0 Å². The van der Waals surface area contributed by atoms with Gasteiger partial charge in [0.05, 0.1) is 17.4 Å². The van der Waals surface area contributed by atoms with Gasteiger partial charge in [-0.1, -0.05) is 67.5 Å². The van der Waals surface area contributed by atoms with Crippen molar-refractivity contribution in [3.8, 4) is 11.1 Å². The van der Waals surface area contributed by atoms with Crippen LogP contribution in [0.5, 0.6) is 0 Å². The Balaban J connectivity index is 1.25. The maximum Gasteiger partial charge on any atom is 0.408 e. The SMILES string of the molecule is CC(C)(C)OC(=O)N[C@H]1CCCCC/C=C\[C@H]2C[C@@]2(C(=O)NS(=O)(=O)C2CC2)NC(=O)[C@@H]2C[C@@H](OC(=O)c3ccc(-c4ccccc4)cc3)CN2C1=O. The number of carbonyl (C=O) groups excluding carboxylic acids is 5. The van der Waals surface area contributed by atoms with E-state index in [-0.39, 0.29) is 31.4 Å². The lowest BCUT2D eigenvalue weighted by Crippen LogP contribution is -2.58. The molecule has 2 saturated carbocycles. The van der Waals surface area contributed by atoms with Crippen LogP contribution in [0.3, 0.4) is 0 Å². The molecule has 13 nitrogen and oxygen atoms in total. The summed E-state index contributed by atoms with van der Waals surface area (Å²) in [5.74, 6) is -3.16. The monoisotopic (exact) mass is 748 g/mol. The van der Waals surface area contributed by atoms with Crippen molar-refractivity contribution in [3.63, 3.8) is 0 Å². The van der Waals surface area contributed by atoms with Gasteiger partial charge in [-0.3, -0.25) is 19.1 Å². The molecule has 5 atom stereocenters. The van der Waals surface area contributed by atoms with E-state index < -0.39 is 80.3 Å². The molecule has 3 fully saturated rings. The van der Waals surface area contributed by atoms with Crippen molar-refractivity contribution in [2.45, 2.75) is 113 Å². The fourth-order valence-corrected chi connectivity index (χ4v) is 8.31. The minimum Gasteiger partial charge on any atom is -0.457 e. The van der Waals surface area contributed by atoms with Crippen LogP contribution in [0, 0.1) is 5.92 Å². The Labute approximate surface area is 310 Å². The van der Waals surface area contributed by atoms with Crippen molar-refractivity contribution in [2.24, 2.45) is 5.92 Å². The van der Waals surface area contributed by atoms with Gasteiger partial charge in [0.2, 0.25) is 21.8 Å². The average molecular weight is 749 g/mol. The smallest absolute Gasteiger partial charge is 0.408 e. The first-order chi connectivity index (χ1) is 25.1. The van der Waals surface area contributed by atoms with Crippen LogP contribution < -0.4 is 15.4 Å². The molecule has 0 bridgehead atoms. The van der Waals surface area contributed by atoms with Crippen molar-refractivity contribution in [1.82, 2.24) is 20.3 Å². The molecule has 3 N–H and O–H groups in total. The summed E-state index contributed by atoms with van der Waals surface area (Å²) in [7, 11) is -3.90. The van der Waals surface area contributed by atoms with E-state index in [2.05, 4.69) is 15.4 Å². The summed E-state index contributed by atoms with van der Waals surface area (Å²) in [6.07, 6.45) is 6.16. The molecule has 0 unspecified atom stereocenters. The molecular formula is C39H48N4O9S. The summed E-state index contributed by atoms with van der Waals surface area (Å²) in [4.78, 5) is 69.7. The molecule has 0 radical (unpaired) electrons. The highest BCUT2D eigenvalue weighted by Gasteiger charge is 2.62. The molecule has 284 valence electrons. The predicted molar refractivity (Wildman–Crippen MR) is 196 cm³/mol. The van der Waals surface area contributed by atoms with Crippen molar-refractivity contribution in [3.05, 3.63) is 72.3 Å². The van der Waals surface area contributed by atoms with E-state index in [1.54, 1.807) is 32.9 Å². The lowest BCUT2D eigenvalue weighted by atomic mass is 10.0. The fraction of sp³-hybridized carbons (Fsp3) is 0.513. The molecule has 4 amide bonds. The van der Waals surface area contributed by atoms with Gasteiger partial charge in [-0.15, -0.1) is 0 Å². The van der Waals surface area contributed by atoms with Crippen molar-refractivity contribution < 1.29 is 41.9 Å². The Kier molecular flexibility index (Phi) is 11.0. The normalized spacial score (nSPS) is 27.1. The molecule has 2 aromatic carbocycles. The van der Waals surface area contributed by atoms with Crippen LogP contribution in [0.25, 0.3) is 11.1 Å². The van der Waals surface area contributed by atoms with Gasteiger partial charge in [0.25, 0.3) is 5.91 Å². The van der Waals surface area contributed by atoms with Crippen LogP contribution in [-0.4, -0.2) is 84.2 Å². The number of carbonyl (C=O) groups is 5. The van der Waals surface area contributed by atoms with Gasteiger partial charge in [-0.25, -0.2) is 18.0 Å². The zero-order chi connectivity index (χ0) is 38.0. The van der Waals surface area contributed by atoms with Crippen LogP contribution in [0.2, 0.25) is 0 Å². The number of alkyl carbamates (subject to hydrolysis) is 1. The van der Waals surface area contributed by atoms with Crippen LogP contribution in [0.1, 0.15) is 88.9 Å². The Morgan fingerprint density at radius 3 is 2.30 bits per heavy atom. The van der Waals surface area contributed by atoms with Gasteiger partial charge in [0.15, 0.2) is 0 Å². The van der Waals surface area contributed by atoms with Gasteiger partial charge in [-0.2, -0.15) is 0 Å². The third-order valence-corrected chi connectivity index (χ3v) is 11.9. The van der Waals surface area contributed by atoms with Crippen molar-refractivity contribution in [2.75, 3.05) is 6.54 Å². The van der Waals surface area contributed by atoms with Crippen molar-refractivity contribution >= 4 is 39.8 Å². The van der Waals surface area contributed by atoms with E-state index in [0.29, 0.717) is 25.7 Å². The second kappa shape index (κ2) is 15.3. The number of nitrogens with one attached hydrogen (secondary N) is 3. The van der Waals surface area contributed by atoms with Gasteiger partial charge >= 0.3 is 12.1 Å². The fourth-order valence-electron chi connectivity index (χ4n) is 6.95.